The van der Waals surface area contributed by atoms with Gasteiger partial charge in [0, 0.05) is 19.6 Å². The molecule has 0 spiro atoms. The van der Waals surface area contributed by atoms with Gasteiger partial charge in [0.2, 0.25) is 5.91 Å². The lowest BCUT2D eigenvalue weighted by atomic mass is 10.1. The molecule has 108 valence electrons. The first-order valence-electron chi connectivity index (χ1n) is 5.90. The number of rotatable bonds is 4. The molecule has 8 nitrogen and oxygen atoms in total. The highest BCUT2D eigenvalue weighted by Gasteiger charge is 2.35. The van der Waals surface area contributed by atoms with Gasteiger partial charge in [0.1, 0.15) is 6.04 Å². The third kappa shape index (κ3) is 3.82. The molecular weight excluding hydrogens is 256 g/mol. The molecule has 2 N–H and O–H groups in total. The second-order valence-electron chi connectivity index (χ2n) is 4.37. The number of methoxy groups -OCH3 is 1. The molecule has 1 aliphatic heterocycles. The first kappa shape index (κ1) is 15.2. The molecule has 2 amide bonds. The summed E-state index contributed by atoms with van der Waals surface area (Å²) in [5, 5.41) is 18.5. The number of piperazine rings is 1. The highest BCUT2D eigenvalue weighted by molar-refractivity contribution is 5.86. The van der Waals surface area contributed by atoms with Gasteiger partial charge in [-0.2, -0.15) is 0 Å². The average Bonchev–Trinajstić information content (AvgIpc) is 2.34. The topological polar surface area (TPSA) is 107 Å². The number of hydrogen-bond donors (Lipinski definition) is 2. The molecule has 0 saturated carbocycles. The second kappa shape index (κ2) is 6.37. The van der Waals surface area contributed by atoms with E-state index >= 15 is 0 Å². The van der Waals surface area contributed by atoms with Gasteiger partial charge in [-0.05, 0) is 6.92 Å². The molecule has 1 saturated heterocycles. The van der Waals surface area contributed by atoms with Crippen molar-refractivity contribution in [3.63, 3.8) is 0 Å². The molecule has 2 atom stereocenters. The number of amides is 2. The van der Waals surface area contributed by atoms with E-state index in [-0.39, 0.29) is 32.0 Å². The van der Waals surface area contributed by atoms with Crippen LogP contribution in [0.15, 0.2) is 0 Å². The second-order valence-corrected chi connectivity index (χ2v) is 4.37. The number of carbonyl (C=O) groups excluding carboxylic acids is 2. The lowest BCUT2D eigenvalue weighted by molar-refractivity contribution is -0.146. The number of nitrogens with zero attached hydrogens (tertiary/aromatic N) is 2. The quantitative estimate of drug-likeness (QED) is 0.645. The van der Waals surface area contributed by atoms with Crippen molar-refractivity contribution in [1.29, 1.82) is 0 Å². The van der Waals surface area contributed by atoms with Gasteiger partial charge in [0.15, 0.2) is 0 Å². The summed E-state index contributed by atoms with van der Waals surface area (Å²) in [4.78, 5) is 36.2. The van der Waals surface area contributed by atoms with Gasteiger partial charge in [0.05, 0.1) is 19.6 Å². The molecule has 1 unspecified atom stereocenters. The first-order valence-corrected chi connectivity index (χ1v) is 5.90. The fraction of sp³-hybridized carbons (Fsp3) is 0.727. The van der Waals surface area contributed by atoms with Crippen LogP contribution < -0.4 is 0 Å². The largest absolute Gasteiger partial charge is 0.469 e. The maximum atomic E-state index is 11.9. The van der Waals surface area contributed by atoms with Crippen molar-refractivity contribution < 1.29 is 29.3 Å². The Labute approximate surface area is 110 Å². The van der Waals surface area contributed by atoms with Gasteiger partial charge >= 0.3 is 12.1 Å². The van der Waals surface area contributed by atoms with E-state index in [1.807, 2.05) is 0 Å². The number of hydrogen-bond acceptors (Lipinski definition) is 5. The SMILES string of the molecule is COC(=O)CC(O)CN1CCN(C(=O)O)[C@@H](C)C1=O. The number of carbonyl (C=O) groups is 3. The Kier molecular flexibility index (Phi) is 5.11. The third-order valence-corrected chi connectivity index (χ3v) is 3.05. The monoisotopic (exact) mass is 274 g/mol. The van der Waals surface area contributed by atoms with E-state index in [1.165, 1.54) is 18.9 Å². The molecule has 1 fully saturated rings. The van der Waals surface area contributed by atoms with Crippen LogP contribution in [0.4, 0.5) is 4.79 Å². The Balaban J connectivity index is 2.55. The van der Waals surface area contributed by atoms with E-state index < -0.39 is 24.2 Å². The molecular formula is C11H18N2O6. The normalized spacial score (nSPS) is 21.2. The zero-order chi connectivity index (χ0) is 14.6. The number of ether oxygens (including phenoxy) is 1. The number of aliphatic hydroxyl groups is 1. The van der Waals surface area contributed by atoms with Gasteiger partial charge in [-0.3, -0.25) is 14.5 Å². The summed E-state index contributed by atoms with van der Waals surface area (Å²) in [6.45, 7) is 1.88. The van der Waals surface area contributed by atoms with Crippen molar-refractivity contribution in [3.8, 4) is 0 Å². The maximum Gasteiger partial charge on any atom is 0.408 e. The predicted molar refractivity (Wildman–Crippen MR) is 63.4 cm³/mol. The molecule has 8 heteroatoms. The molecule has 0 aromatic rings. The van der Waals surface area contributed by atoms with Crippen molar-refractivity contribution in [3.05, 3.63) is 0 Å². The summed E-state index contributed by atoms with van der Waals surface area (Å²) in [6, 6.07) is -0.781. The summed E-state index contributed by atoms with van der Waals surface area (Å²) >= 11 is 0. The Hall–Kier alpha value is -1.83. The van der Waals surface area contributed by atoms with Crippen LogP contribution in [0, 0.1) is 0 Å². The molecule has 19 heavy (non-hydrogen) atoms. The summed E-state index contributed by atoms with van der Waals surface area (Å²) in [6.07, 6.45) is -2.35. The minimum absolute atomic E-state index is 0.00820. The number of carboxylic acid groups (broad SMARTS) is 1. The van der Waals surface area contributed by atoms with Crippen LogP contribution in [-0.2, 0) is 14.3 Å². The van der Waals surface area contributed by atoms with Gasteiger partial charge in [0.25, 0.3) is 0 Å². The van der Waals surface area contributed by atoms with Gasteiger partial charge in [-0.1, -0.05) is 0 Å². The zero-order valence-electron chi connectivity index (χ0n) is 10.9. The van der Waals surface area contributed by atoms with Crippen molar-refractivity contribution in [1.82, 2.24) is 9.80 Å². The van der Waals surface area contributed by atoms with Crippen LogP contribution in [0.1, 0.15) is 13.3 Å². The van der Waals surface area contributed by atoms with E-state index in [0.29, 0.717) is 0 Å². The van der Waals surface area contributed by atoms with E-state index in [9.17, 15) is 19.5 Å². The van der Waals surface area contributed by atoms with Crippen LogP contribution >= 0.6 is 0 Å². The standard InChI is InChI=1S/C11H18N2O6/c1-7-10(16)12(3-4-13(7)11(17)18)6-8(14)5-9(15)19-2/h7-8,14H,3-6H2,1-2H3,(H,17,18)/t7-,8?/m0/s1. The minimum Gasteiger partial charge on any atom is -0.469 e. The van der Waals surface area contributed by atoms with E-state index in [2.05, 4.69) is 4.74 Å². The van der Waals surface area contributed by atoms with Crippen molar-refractivity contribution in [2.75, 3.05) is 26.7 Å². The summed E-state index contributed by atoms with van der Waals surface area (Å²) < 4.78 is 4.42. The maximum absolute atomic E-state index is 11.9. The molecule has 0 aromatic carbocycles. The molecule has 0 bridgehead atoms. The van der Waals surface area contributed by atoms with Crippen molar-refractivity contribution in [2.45, 2.75) is 25.5 Å². The number of aliphatic hydroxyl groups excluding tert-OH is 1. The van der Waals surface area contributed by atoms with Gasteiger partial charge in [-0.15, -0.1) is 0 Å². The van der Waals surface area contributed by atoms with E-state index in [1.54, 1.807) is 0 Å². The first-order chi connectivity index (χ1) is 8.86. The Bertz CT molecular complexity index is 372. The van der Waals surface area contributed by atoms with Crippen LogP contribution in [0.5, 0.6) is 0 Å². The molecule has 0 aliphatic carbocycles. The number of β-amino-alcohol motifs (C(OH)–C–C–N with tert-alkyl or cyclic N) is 1. The van der Waals surface area contributed by atoms with Crippen LogP contribution in [0.2, 0.25) is 0 Å². The highest BCUT2D eigenvalue weighted by Crippen LogP contribution is 2.12. The van der Waals surface area contributed by atoms with Crippen LogP contribution in [-0.4, -0.2) is 76.9 Å². The van der Waals surface area contributed by atoms with Crippen molar-refractivity contribution >= 4 is 18.0 Å². The average molecular weight is 274 g/mol. The minimum atomic E-state index is -1.14. The van der Waals surface area contributed by atoms with E-state index in [4.69, 9.17) is 5.11 Å². The molecule has 0 radical (unpaired) electrons. The summed E-state index contributed by atoms with van der Waals surface area (Å²) in [5.41, 5.74) is 0. The Morgan fingerprint density at radius 1 is 1.47 bits per heavy atom. The van der Waals surface area contributed by atoms with Crippen LogP contribution in [0.25, 0.3) is 0 Å². The molecule has 0 aromatic heterocycles. The zero-order valence-corrected chi connectivity index (χ0v) is 10.9. The van der Waals surface area contributed by atoms with E-state index in [0.717, 1.165) is 4.90 Å². The van der Waals surface area contributed by atoms with Crippen molar-refractivity contribution in [2.24, 2.45) is 0 Å². The Morgan fingerprint density at radius 2 is 2.11 bits per heavy atom. The summed E-state index contributed by atoms with van der Waals surface area (Å²) in [5.74, 6) is -0.935. The lowest BCUT2D eigenvalue weighted by Gasteiger charge is -2.38. The van der Waals surface area contributed by atoms with Gasteiger partial charge < -0.3 is 19.8 Å². The fourth-order valence-electron chi connectivity index (χ4n) is 1.97. The Morgan fingerprint density at radius 3 is 2.63 bits per heavy atom. The molecule has 1 rings (SSSR count). The lowest BCUT2D eigenvalue weighted by Crippen LogP contribution is -2.58. The predicted octanol–water partition coefficient (Wildman–Crippen LogP) is -0.879. The molecule has 1 aliphatic rings. The summed E-state index contributed by atoms with van der Waals surface area (Å²) in [7, 11) is 1.22. The number of esters is 1. The fourth-order valence-corrected chi connectivity index (χ4v) is 1.97. The smallest absolute Gasteiger partial charge is 0.408 e. The third-order valence-electron chi connectivity index (χ3n) is 3.05. The van der Waals surface area contributed by atoms with Gasteiger partial charge in [-0.25, -0.2) is 4.79 Å². The van der Waals surface area contributed by atoms with Crippen LogP contribution in [0.3, 0.4) is 0 Å². The highest BCUT2D eigenvalue weighted by atomic mass is 16.5. The molecule has 1 heterocycles.